The second kappa shape index (κ2) is 4.97. The SMILES string of the molecule is C[C@H](Nc1ncnc2ccc(Br)cc12)c1ccon1. The zero-order valence-corrected chi connectivity index (χ0v) is 11.8. The Morgan fingerprint density at radius 2 is 2.16 bits per heavy atom. The number of rotatable bonds is 3. The fraction of sp³-hybridized carbons (Fsp3) is 0.154. The predicted octanol–water partition coefficient (Wildman–Crippen LogP) is 3.55. The molecule has 6 heteroatoms. The lowest BCUT2D eigenvalue weighted by Gasteiger charge is -2.13. The monoisotopic (exact) mass is 318 g/mol. The number of hydrogen-bond acceptors (Lipinski definition) is 5. The molecule has 3 rings (SSSR count). The van der Waals surface area contributed by atoms with Crippen molar-refractivity contribution in [2.24, 2.45) is 0 Å². The summed E-state index contributed by atoms with van der Waals surface area (Å²) < 4.78 is 5.84. The second-order valence-corrected chi connectivity index (χ2v) is 5.09. The molecule has 0 unspecified atom stereocenters. The quantitative estimate of drug-likeness (QED) is 0.800. The van der Waals surface area contributed by atoms with Gasteiger partial charge in [0.15, 0.2) is 0 Å². The Bertz CT molecular complexity index is 699. The third-order valence-electron chi connectivity index (χ3n) is 2.85. The molecule has 0 aliphatic heterocycles. The number of benzene rings is 1. The van der Waals surface area contributed by atoms with E-state index in [1.807, 2.05) is 31.2 Å². The van der Waals surface area contributed by atoms with Crippen LogP contribution in [0.15, 0.2) is 45.9 Å². The Balaban J connectivity index is 1.98. The lowest BCUT2D eigenvalue weighted by molar-refractivity contribution is 0.409. The summed E-state index contributed by atoms with van der Waals surface area (Å²) in [7, 11) is 0. The van der Waals surface area contributed by atoms with Crippen LogP contribution in [0.4, 0.5) is 5.82 Å². The van der Waals surface area contributed by atoms with Gasteiger partial charge in [-0.1, -0.05) is 21.1 Å². The van der Waals surface area contributed by atoms with E-state index < -0.39 is 0 Å². The van der Waals surface area contributed by atoms with Crippen molar-refractivity contribution in [2.75, 3.05) is 5.32 Å². The van der Waals surface area contributed by atoms with E-state index in [9.17, 15) is 0 Å². The molecule has 5 nitrogen and oxygen atoms in total. The number of anilines is 1. The van der Waals surface area contributed by atoms with Gasteiger partial charge in [-0.25, -0.2) is 9.97 Å². The molecule has 2 heterocycles. The molecule has 0 aliphatic rings. The van der Waals surface area contributed by atoms with Gasteiger partial charge in [-0.05, 0) is 25.1 Å². The van der Waals surface area contributed by atoms with E-state index in [0.29, 0.717) is 0 Å². The van der Waals surface area contributed by atoms with Crippen LogP contribution in [0.1, 0.15) is 18.7 Å². The third-order valence-corrected chi connectivity index (χ3v) is 3.35. The van der Waals surface area contributed by atoms with Gasteiger partial charge in [-0.15, -0.1) is 0 Å². The Kier molecular flexibility index (Phi) is 3.16. The highest BCUT2D eigenvalue weighted by atomic mass is 79.9. The standard InChI is InChI=1S/C13H11BrN4O/c1-8(11-4-5-19-18-11)17-13-10-6-9(14)2-3-12(10)15-7-16-13/h2-8H,1H3,(H,15,16,17)/t8-/m0/s1. The smallest absolute Gasteiger partial charge is 0.137 e. The fourth-order valence-corrected chi connectivity index (χ4v) is 2.23. The van der Waals surface area contributed by atoms with Gasteiger partial charge in [0.25, 0.3) is 0 Å². The summed E-state index contributed by atoms with van der Waals surface area (Å²) in [5, 5.41) is 8.20. The molecular formula is C13H11BrN4O. The summed E-state index contributed by atoms with van der Waals surface area (Å²) in [6, 6.07) is 7.74. The van der Waals surface area contributed by atoms with E-state index in [2.05, 4.69) is 36.4 Å². The maximum Gasteiger partial charge on any atom is 0.137 e. The minimum atomic E-state index is 0.0100. The van der Waals surface area contributed by atoms with Crippen LogP contribution >= 0.6 is 15.9 Å². The van der Waals surface area contributed by atoms with Crippen LogP contribution in [0.25, 0.3) is 10.9 Å². The molecule has 1 atom stereocenters. The predicted molar refractivity (Wildman–Crippen MR) is 75.8 cm³/mol. The molecule has 0 aliphatic carbocycles. The van der Waals surface area contributed by atoms with Crippen LogP contribution in [0.2, 0.25) is 0 Å². The molecule has 2 aromatic heterocycles. The summed E-state index contributed by atoms with van der Waals surface area (Å²) in [6.45, 7) is 2.00. The summed E-state index contributed by atoms with van der Waals surface area (Å²) in [4.78, 5) is 8.54. The average molecular weight is 319 g/mol. The van der Waals surface area contributed by atoms with Crippen molar-refractivity contribution in [3.05, 3.63) is 47.0 Å². The summed E-state index contributed by atoms with van der Waals surface area (Å²) in [6.07, 6.45) is 3.11. The third kappa shape index (κ3) is 2.44. The molecule has 19 heavy (non-hydrogen) atoms. The summed E-state index contributed by atoms with van der Waals surface area (Å²) >= 11 is 3.46. The van der Waals surface area contributed by atoms with Crippen molar-refractivity contribution < 1.29 is 4.52 Å². The molecule has 0 amide bonds. The molecule has 0 saturated carbocycles. The first-order valence-electron chi connectivity index (χ1n) is 5.81. The lowest BCUT2D eigenvalue weighted by Crippen LogP contribution is -2.08. The van der Waals surface area contributed by atoms with Crippen LogP contribution in [0.5, 0.6) is 0 Å². The highest BCUT2D eigenvalue weighted by molar-refractivity contribution is 9.10. The van der Waals surface area contributed by atoms with Gasteiger partial charge in [0, 0.05) is 15.9 Å². The number of halogens is 1. The largest absolute Gasteiger partial charge is 0.364 e. The van der Waals surface area contributed by atoms with Gasteiger partial charge >= 0.3 is 0 Å². The Morgan fingerprint density at radius 3 is 2.95 bits per heavy atom. The first-order chi connectivity index (χ1) is 9.24. The number of fused-ring (bicyclic) bond motifs is 1. The molecule has 0 radical (unpaired) electrons. The highest BCUT2D eigenvalue weighted by Crippen LogP contribution is 2.25. The average Bonchev–Trinajstić information content (AvgIpc) is 2.93. The maximum atomic E-state index is 4.85. The Morgan fingerprint density at radius 1 is 1.26 bits per heavy atom. The number of hydrogen-bond donors (Lipinski definition) is 1. The van der Waals surface area contributed by atoms with Crippen molar-refractivity contribution in [3.63, 3.8) is 0 Å². The molecule has 1 aromatic carbocycles. The first kappa shape index (κ1) is 12.1. The molecule has 0 fully saturated rings. The van der Waals surface area contributed by atoms with Crippen molar-refractivity contribution in [1.82, 2.24) is 15.1 Å². The van der Waals surface area contributed by atoms with E-state index in [0.717, 1.165) is 26.9 Å². The maximum absolute atomic E-state index is 4.85. The van der Waals surface area contributed by atoms with Gasteiger partial charge in [-0.3, -0.25) is 0 Å². The summed E-state index contributed by atoms with van der Waals surface area (Å²) in [5.41, 5.74) is 1.73. The minimum absolute atomic E-state index is 0.0100. The van der Waals surface area contributed by atoms with Gasteiger partial charge in [-0.2, -0.15) is 0 Å². The molecule has 96 valence electrons. The van der Waals surface area contributed by atoms with Crippen LogP contribution in [0, 0.1) is 0 Å². The van der Waals surface area contributed by atoms with E-state index in [1.165, 1.54) is 0 Å². The molecule has 0 saturated heterocycles. The van der Waals surface area contributed by atoms with Crippen LogP contribution in [-0.4, -0.2) is 15.1 Å². The molecule has 3 aromatic rings. The van der Waals surface area contributed by atoms with Crippen LogP contribution in [0.3, 0.4) is 0 Å². The fourth-order valence-electron chi connectivity index (χ4n) is 1.87. The normalized spacial score (nSPS) is 12.5. The number of nitrogens with one attached hydrogen (secondary N) is 1. The van der Waals surface area contributed by atoms with Crippen LogP contribution < -0.4 is 5.32 Å². The number of aromatic nitrogens is 3. The van der Waals surface area contributed by atoms with E-state index in [-0.39, 0.29) is 6.04 Å². The zero-order valence-electron chi connectivity index (χ0n) is 10.2. The van der Waals surface area contributed by atoms with Crippen molar-refractivity contribution in [2.45, 2.75) is 13.0 Å². The van der Waals surface area contributed by atoms with Crippen molar-refractivity contribution in [1.29, 1.82) is 0 Å². The molecule has 0 spiro atoms. The van der Waals surface area contributed by atoms with Gasteiger partial charge in [0.1, 0.15) is 24.1 Å². The van der Waals surface area contributed by atoms with Gasteiger partial charge in [0.2, 0.25) is 0 Å². The van der Waals surface area contributed by atoms with Crippen molar-refractivity contribution in [3.8, 4) is 0 Å². The van der Waals surface area contributed by atoms with Gasteiger partial charge < -0.3 is 9.84 Å². The van der Waals surface area contributed by atoms with E-state index in [1.54, 1.807) is 12.6 Å². The highest BCUT2D eigenvalue weighted by Gasteiger charge is 2.11. The minimum Gasteiger partial charge on any atom is -0.364 e. The second-order valence-electron chi connectivity index (χ2n) is 4.17. The molecular weight excluding hydrogens is 308 g/mol. The Labute approximate surface area is 118 Å². The first-order valence-corrected chi connectivity index (χ1v) is 6.60. The molecule has 1 N–H and O–H groups in total. The van der Waals surface area contributed by atoms with E-state index in [4.69, 9.17) is 4.52 Å². The lowest BCUT2D eigenvalue weighted by atomic mass is 10.2. The zero-order chi connectivity index (χ0) is 13.2. The van der Waals surface area contributed by atoms with E-state index >= 15 is 0 Å². The summed E-state index contributed by atoms with van der Waals surface area (Å²) in [5.74, 6) is 0.779. The van der Waals surface area contributed by atoms with Crippen molar-refractivity contribution >= 4 is 32.7 Å². The molecule has 0 bridgehead atoms. The van der Waals surface area contributed by atoms with Crippen LogP contribution in [-0.2, 0) is 0 Å². The topological polar surface area (TPSA) is 63.8 Å². The number of nitrogens with zero attached hydrogens (tertiary/aromatic N) is 3. The Hall–Kier alpha value is -1.95. The van der Waals surface area contributed by atoms with Gasteiger partial charge in [0.05, 0.1) is 11.6 Å².